The lowest BCUT2D eigenvalue weighted by Gasteiger charge is -2.36. The zero-order chi connectivity index (χ0) is 29.8. The van der Waals surface area contributed by atoms with E-state index in [0.717, 1.165) is 5.56 Å². The molecule has 0 radical (unpaired) electrons. The van der Waals surface area contributed by atoms with Crippen molar-refractivity contribution in [3.63, 3.8) is 0 Å². The van der Waals surface area contributed by atoms with Gasteiger partial charge in [-0.1, -0.05) is 65.7 Å². The van der Waals surface area contributed by atoms with Gasteiger partial charge in [0, 0.05) is 0 Å². The first-order valence-corrected chi connectivity index (χ1v) is 14.8. The van der Waals surface area contributed by atoms with Crippen LogP contribution >= 0.6 is 51.3 Å². The van der Waals surface area contributed by atoms with E-state index in [1.54, 1.807) is 72.8 Å². The van der Waals surface area contributed by atoms with Crippen LogP contribution in [0.1, 0.15) is 18.1 Å². The minimum atomic E-state index is -0.530. The quantitative estimate of drug-likeness (QED) is 0.106. The number of rotatable bonds is 8. The van der Waals surface area contributed by atoms with E-state index in [-0.39, 0.29) is 17.3 Å². The highest BCUT2D eigenvalue weighted by atomic mass is 79.9. The van der Waals surface area contributed by atoms with Crippen LogP contribution < -0.4 is 19.3 Å². The predicted octanol–water partition coefficient (Wildman–Crippen LogP) is 8.48. The molecule has 2 amide bonds. The van der Waals surface area contributed by atoms with Crippen molar-refractivity contribution in [2.45, 2.75) is 13.5 Å². The van der Waals surface area contributed by atoms with Gasteiger partial charge in [0.1, 0.15) is 12.2 Å². The Morgan fingerprint density at radius 2 is 1.40 bits per heavy atom. The second kappa shape index (κ2) is 13.1. The molecular formula is C32H23BrCl2N2O4S. The fourth-order valence-electron chi connectivity index (χ4n) is 4.36. The van der Waals surface area contributed by atoms with Gasteiger partial charge in [0.25, 0.3) is 11.8 Å². The van der Waals surface area contributed by atoms with E-state index in [1.807, 2.05) is 25.1 Å². The Balaban J connectivity index is 1.54. The Bertz CT molecular complexity index is 1640. The third-order valence-electron chi connectivity index (χ3n) is 6.29. The SMILES string of the molecule is CCOc1cc(C=C2C(=O)N(c3ccccc3)C(=S)N(c3ccccc3)C2=O)cc(Br)c1OCc1ccc(Cl)c(Cl)c1. The van der Waals surface area contributed by atoms with Gasteiger partial charge in [-0.2, -0.15) is 0 Å². The highest BCUT2D eigenvalue weighted by molar-refractivity contribution is 9.10. The van der Waals surface area contributed by atoms with E-state index in [2.05, 4.69) is 15.9 Å². The lowest BCUT2D eigenvalue weighted by Crippen LogP contribution is -2.56. The van der Waals surface area contributed by atoms with Crippen molar-refractivity contribution in [2.24, 2.45) is 0 Å². The summed E-state index contributed by atoms with van der Waals surface area (Å²) in [6.07, 6.45) is 1.54. The molecule has 0 N–H and O–H groups in total. The Kier molecular flexibility index (Phi) is 9.28. The van der Waals surface area contributed by atoms with Gasteiger partial charge in [0.05, 0.1) is 32.5 Å². The second-order valence-corrected chi connectivity index (χ2v) is 11.1. The minimum absolute atomic E-state index is 0.0601. The number of nitrogens with zero attached hydrogens (tertiary/aromatic N) is 2. The fourth-order valence-corrected chi connectivity index (χ4v) is 5.64. The Hall–Kier alpha value is -3.69. The van der Waals surface area contributed by atoms with Gasteiger partial charge in [-0.25, -0.2) is 0 Å². The number of amides is 2. The van der Waals surface area contributed by atoms with Crippen molar-refractivity contribution >= 4 is 85.7 Å². The van der Waals surface area contributed by atoms with Crippen LogP contribution in [0.4, 0.5) is 11.4 Å². The van der Waals surface area contributed by atoms with Gasteiger partial charge in [-0.15, -0.1) is 0 Å². The van der Waals surface area contributed by atoms with Crippen LogP contribution in [0.15, 0.2) is 101 Å². The molecule has 1 aliphatic rings. The smallest absolute Gasteiger partial charge is 0.270 e. The predicted molar refractivity (Wildman–Crippen MR) is 175 cm³/mol. The number of anilines is 2. The average Bonchev–Trinajstić information content (AvgIpc) is 2.98. The van der Waals surface area contributed by atoms with Crippen molar-refractivity contribution in [1.82, 2.24) is 0 Å². The molecule has 0 saturated carbocycles. The Labute approximate surface area is 267 Å². The molecule has 0 spiro atoms. The van der Waals surface area contributed by atoms with Gasteiger partial charge in [0.2, 0.25) is 0 Å². The van der Waals surface area contributed by atoms with Crippen molar-refractivity contribution in [3.05, 3.63) is 122 Å². The maximum Gasteiger partial charge on any atom is 0.270 e. The number of carbonyl (C=O) groups excluding carboxylic acids is 2. The molecule has 6 nitrogen and oxygen atoms in total. The molecule has 1 saturated heterocycles. The molecular weight excluding hydrogens is 659 g/mol. The standard InChI is InChI=1S/C32H23BrCl2N2O4S/c1-2-40-28-18-21(16-25(33)29(28)41-19-20-13-14-26(34)27(35)17-20)15-24-30(38)36(22-9-5-3-6-10-22)32(42)37(31(24)39)23-11-7-4-8-12-23/h3-18H,2,19H2,1H3. The maximum atomic E-state index is 13.8. The number of para-hydroxylation sites is 2. The van der Waals surface area contributed by atoms with Crippen LogP contribution in [-0.2, 0) is 16.2 Å². The third-order valence-corrected chi connectivity index (χ3v) is 7.98. The monoisotopic (exact) mass is 680 g/mol. The average molecular weight is 682 g/mol. The molecule has 4 aromatic carbocycles. The number of benzene rings is 4. The van der Waals surface area contributed by atoms with E-state index in [1.165, 1.54) is 15.9 Å². The summed E-state index contributed by atoms with van der Waals surface area (Å²) in [5, 5.41) is 0.958. The van der Waals surface area contributed by atoms with E-state index in [0.29, 0.717) is 49.6 Å². The summed E-state index contributed by atoms with van der Waals surface area (Å²) in [6.45, 7) is 2.43. The number of hydrogen-bond acceptors (Lipinski definition) is 5. The highest BCUT2D eigenvalue weighted by Crippen LogP contribution is 2.39. The van der Waals surface area contributed by atoms with Gasteiger partial charge in [-0.3, -0.25) is 19.4 Å². The largest absolute Gasteiger partial charge is 0.490 e. The molecule has 0 bridgehead atoms. The van der Waals surface area contributed by atoms with Crippen LogP contribution in [0.25, 0.3) is 6.08 Å². The molecule has 0 atom stereocenters. The summed E-state index contributed by atoms with van der Waals surface area (Å²) >= 11 is 21.5. The van der Waals surface area contributed by atoms with Crippen molar-refractivity contribution in [3.8, 4) is 11.5 Å². The first-order chi connectivity index (χ1) is 20.3. The van der Waals surface area contributed by atoms with Gasteiger partial charge < -0.3 is 9.47 Å². The summed E-state index contributed by atoms with van der Waals surface area (Å²) < 4.78 is 12.6. The fraction of sp³-hybridized carbons (Fsp3) is 0.0938. The van der Waals surface area contributed by atoms with E-state index in [9.17, 15) is 9.59 Å². The topological polar surface area (TPSA) is 59.1 Å². The van der Waals surface area contributed by atoms with Crippen LogP contribution in [0, 0.1) is 0 Å². The zero-order valence-corrected chi connectivity index (χ0v) is 26.1. The van der Waals surface area contributed by atoms with E-state index in [4.69, 9.17) is 44.9 Å². The number of ether oxygens (including phenoxy) is 2. The Morgan fingerprint density at radius 1 is 0.810 bits per heavy atom. The second-order valence-electron chi connectivity index (χ2n) is 9.09. The molecule has 0 unspecified atom stereocenters. The molecule has 1 heterocycles. The molecule has 42 heavy (non-hydrogen) atoms. The summed E-state index contributed by atoms with van der Waals surface area (Å²) in [5.41, 5.74) is 2.41. The molecule has 10 heteroatoms. The summed E-state index contributed by atoms with van der Waals surface area (Å²) in [7, 11) is 0. The molecule has 0 aliphatic carbocycles. The van der Waals surface area contributed by atoms with E-state index < -0.39 is 11.8 Å². The van der Waals surface area contributed by atoms with Crippen LogP contribution in [0.3, 0.4) is 0 Å². The van der Waals surface area contributed by atoms with E-state index >= 15 is 0 Å². The number of thiocarbonyl (C=S) groups is 1. The van der Waals surface area contributed by atoms with Crippen LogP contribution in [0.5, 0.6) is 11.5 Å². The lowest BCUT2D eigenvalue weighted by molar-refractivity contribution is -0.120. The number of hydrogen-bond donors (Lipinski definition) is 0. The summed E-state index contributed by atoms with van der Waals surface area (Å²) in [6, 6.07) is 26.7. The van der Waals surface area contributed by atoms with Crippen LogP contribution in [0.2, 0.25) is 10.0 Å². The lowest BCUT2D eigenvalue weighted by atomic mass is 10.0. The highest BCUT2D eigenvalue weighted by Gasteiger charge is 2.41. The maximum absolute atomic E-state index is 13.8. The van der Waals surface area contributed by atoms with Crippen LogP contribution in [-0.4, -0.2) is 23.5 Å². The third kappa shape index (κ3) is 6.22. The first-order valence-electron chi connectivity index (χ1n) is 12.9. The van der Waals surface area contributed by atoms with Crippen molar-refractivity contribution in [2.75, 3.05) is 16.4 Å². The number of halogens is 3. The minimum Gasteiger partial charge on any atom is -0.490 e. The molecule has 4 aromatic rings. The van der Waals surface area contributed by atoms with Gasteiger partial charge in [-0.05, 0) is 101 Å². The normalized spacial score (nSPS) is 13.4. The van der Waals surface area contributed by atoms with Gasteiger partial charge >= 0.3 is 0 Å². The molecule has 1 aliphatic heterocycles. The summed E-state index contributed by atoms with van der Waals surface area (Å²) in [4.78, 5) is 30.4. The van der Waals surface area contributed by atoms with Gasteiger partial charge in [0.15, 0.2) is 16.6 Å². The molecule has 5 rings (SSSR count). The Morgan fingerprint density at radius 3 is 1.95 bits per heavy atom. The zero-order valence-electron chi connectivity index (χ0n) is 22.2. The summed E-state index contributed by atoms with van der Waals surface area (Å²) in [5.74, 6) is -0.163. The number of carbonyl (C=O) groups is 2. The van der Waals surface area contributed by atoms with Crippen molar-refractivity contribution < 1.29 is 19.1 Å². The molecule has 1 fully saturated rings. The van der Waals surface area contributed by atoms with Crippen molar-refractivity contribution in [1.29, 1.82) is 0 Å². The molecule has 0 aromatic heterocycles. The first kappa shape index (κ1) is 29.8. The molecule has 212 valence electrons.